The maximum absolute atomic E-state index is 12.2. The normalized spacial score (nSPS) is 21.4. The third kappa shape index (κ3) is 3.97. The Labute approximate surface area is 148 Å². The molecule has 1 heterocycles. The first kappa shape index (κ1) is 17.0. The summed E-state index contributed by atoms with van der Waals surface area (Å²) < 4.78 is 5.04. The molecule has 1 fully saturated rings. The van der Waals surface area contributed by atoms with Gasteiger partial charge >= 0.3 is 5.97 Å². The van der Waals surface area contributed by atoms with Crippen LogP contribution in [0.2, 0.25) is 5.02 Å². The molecule has 0 saturated carbocycles. The molecule has 1 aliphatic heterocycles. The number of carbonyl (C=O) groups is 1. The number of ether oxygens (including phenoxy) is 1. The Morgan fingerprint density at radius 3 is 2.54 bits per heavy atom. The van der Waals surface area contributed by atoms with Gasteiger partial charge in [0.05, 0.1) is 13.0 Å². The molecule has 126 valence electrons. The number of likely N-dealkylation sites (tertiary alicyclic amines) is 1. The summed E-state index contributed by atoms with van der Waals surface area (Å²) in [6.07, 6.45) is 0.812. The second-order valence-corrected chi connectivity index (χ2v) is 6.73. The van der Waals surface area contributed by atoms with Crippen molar-refractivity contribution >= 4 is 17.6 Å². The molecular formula is C20H22ClNO2. The molecule has 2 aromatic rings. The van der Waals surface area contributed by atoms with Crippen molar-refractivity contribution in [3.05, 3.63) is 70.7 Å². The van der Waals surface area contributed by atoms with E-state index in [1.165, 1.54) is 12.7 Å². The zero-order chi connectivity index (χ0) is 16.9. The summed E-state index contributed by atoms with van der Waals surface area (Å²) in [5, 5.41) is 0.713. The van der Waals surface area contributed by atoms with Gasteiger partial charge in [-0.25, -0.2) is 0 Å². The van der Waals surface area contributed by atoms with E-state index in [2.05, 4.69) is 29.2 Å². The second-order valence-electron chi connectivity index (χ2n) is 6.30. The van der Waals surface area contributed by atoms with E-state index in [0.717, 1.165) is 31.6 Å². The fourth-order valence-corrected chi connectivity index (χ4v) is 3.61. The molecule has 0 N–H and O–H groups in total. The minimum absolute atomic E-state index is 0.0943. The number of methoxy groups -OCH3 is 1. The van der Waals surface area contributed by atoms with Crippen LogP contribution in [-0.2, 0) is 16.1 Å². The molecule has 0 aromatic heterocycles. The lowest BCUT2D eigenvalue weighted by Gasteiger charge is -2.37. The van der Waals surface area contributed by atoms with Crippen molar-refractivity contribution in [3.8, 4) is 0 Å². The highest BCUT2D eigenvalue weighted by atomic mass is 35.5. The molecular weight excluding hydrogens is 322 g/mol. The van der Waals surface area contributed by atoms with E-state index < -0.39 is 0 Å². The number of carbonyl (C=O) groups excluding carboxylic acids is 1. The van der Waals surface area contributed by atoms with Crippen LogP contribution in [0.15, 0.2) is 54.6 Å². The molecule has 2 unspecified atom stereocenters. The monoisotopic (exact) mass is 343 g/mol. The fourth-order valence-electron chi connectivity index (χ4n) is 3.49. The van der Waals surface area contributed by atoms with Crippen LogP contribution in [0.5, 0.6) is 0 Å². The summed E-state index contributed by atoms with van der Waals surface area (Å²) in [4.78, 5) is 14.6. The summed E-state index contributed by atoms with van der Waals surface area (Å²) in [5.74, 6) is -0.0790. The molecule has 1 aliphatic rings. The lowest BCUT2D eigenvalue weighted by atomic mass is 9.80. The van der Waals surface area contributed by atoms with Crippen LogP contribution >= 0.6 is 11.6 Å². The molecule has 0 radical (unpaired) electrons. The van der Waals surface area contributed by atoms with Crippen molar-refractivity contribution in [2.75, 3.05) is 20.2 Å². The van der Waals surface area contributed by atoms with Crippen LogP contribution in [0.25, 0.3) is 0 Å². The zero-order valence-corrected chi connectivity index (χ0v) is 14.6. The largest absolute Gasteiger partial charge is 0.469 e. The first-order valence-electron chi connectivity index (χ1n) is 8.27. The highest BCUT2D eigenvalue weighted by Gasteiger charge is 2.35. The van der Waals surface area contributed by atoms with Gasteiger partial charge in [0.2, 0.25) is 0 Å². The molecule has 0 aliphatic carbocycles. The molecule has 0 amide bonds. The average molecular weight is 344 g/mol. The number of nitrogens with zero attached hydrogens (tertiary/aromatic N) is 1. The van der Waals surface area contributed by atoms with Crippen LogP contribution in [0, 0.1) is 5.92 Å². The third-order valence-corrected chi connectivity index (χ3v) is 5.00. The Balaban J connectivity index is 1.79. The van der Waals surface area contributed by atoms with Crippen LogP contribution in [0.3, 0.4) is 0 Å². The van der Waals surface area contributed by atoms with Gasteiger partial charge in [-0.05, 0) is 36.2 Å². The van der Waals surface area contributed by atoms with Gasteiger partial charge in [-0.2, -0.15) is 0 Å². The SMILES string of the molecule is COC(=O)C1CCN(Cc2ccccc2)CC1c1ccc(Cl)cc1. The highest BCUT2D eigenvalue weighted by molar-refractivity contribution is 6.30. The number of hydrogen-bond donors (Lipinski definition) is 0. The molecule has 1 saturated heterocycles. The van der Waals surface area contributed by atoms with Gasteiger partial charge in [0.1, 0.15) is 0 Å². The standard InChI is InChI=1S/C20H22ClNO2/c1-24-20(23)18-11-12-22(13-15-5-3-2-4-6-15)14-19(18)16-7-9-17(21)10-8-16/h2-10,18-19H,11-14H2,1H3. The van der Waals surface area contributed by atoms with Gasteiger partial charge in [-0.15, -0.1) is 0 Å². The van der Waals surface area contributed by atoms with Crippen LogP contribution in [0.1, 0.15) is 23.5 Å². The first-order valence-corrected chi connectivity index (χ1v) is 8.64. The van der Waals surface area contributed by atoms with Crippen molar-refractivity contribution in [2.45, 2.75) is 18.9 Å². The molecule has 0 bridgehead atoms. The zero-order valence-electron chi connectivity index (χ0n) is 13.8. The van der Waals surface area contributed by atoms with Gasteiger partial charge in [-0.3, -0.25) is 9.69 Å². The second kappa shape index (κ2) is 7.82. The number of benzene rings is 2. The molecule has 3 nitrogen and oxygen atoms in total. The third-order valence-electron chi connectivity index (χ3n) is 4.75. The van der Waals surface area contributed by atoms with Gasteiger partial charge in [0.15, 0.2) is 0 Å². The Morgan fingerprint density at radius 1 is 1.17 bits per heavy atom. The van der Waals surface area contributed by atoms with Crippen LogP contribution in [0.4, 0.5) is 0 Å². The fraction of sp³-hybridized carbons (Fsp3) is 0.350. The highest BCUT2D eigenvalue weighted by Crippen LogP contribution is 2.34. The Kier molecular flexibility index (Phi) is 5.54. The molecule has 0 spiro atoms. The number of rotatable bonds is 4. The van der Waals surface area contributed by atoms with Crippen molar-refractivity contribution in [2.24, 2.45) is 5.92 Å². The Hall–Kier alpha value is -1.84. The number of hydrogen-bond acceptors (Lipinski definition) is 3. The van der Waals surface area contributed by atoms with Crippen molar-refractivity contribution in [3.63, 3.8) is 0 Å². The van der Waals surface area contributed by atoms with E-state index in [0.29, 0.717) is 5.02 Å². The maximum Gasteiger partial charge on any atom is 0.309 e. The molecule has 4 heteroatoms. The van der Waals surface area contributed by atoms with Crippen molar-refractivity contribution < 1.29 is 9.53 Å². The van der Waals surface area contributed by atoms with E-state index in [9.17, 15) is 4.79 Å². The molecule has 2 atom stereocenters. The van der Waals surface area contributed by atoms with Gasteiger partial charge in [0, 0.05) is 24.0 Å². The first-order chi connectivity index (χ1) is 11.7. The van der Waals surface area contributed by atoms with E-state index in [4.69, 9.17) is 16.3 Å². The van der Waals surface area contributed by atoms with Crippen LogP contribution in [-0.4, -0.2) is 31.1 Å². The summed E-state index contributed by atoms with van der Waals surface area (Å²) in [6.45, 7) is 2.65. The van der Waals surface area contributed by atoms with Gasteiger partial charge < -0.3 is 4.74 Å². The lowest BCUT2D eigenvalue weighted by molar-refractivity contribution is -0.148. The predicted octanol–water partition coefficient (Wildman–Crippen LogP) is 4.12. The molecule has 2 aromatic carbocycles. The van der Waals surface area contributed by atoms with Crippen LogP contribution < -0.4 is 0 Å². The minimum Gasteiger partial charge on any atom is -0.469 e. The Bertz CT molecular complexity index is 672. The smallest absolute Gasteiger partial charge is 0.309 e. The summed E-state index contributed by atoms with van der Waals surface area (Å²) in [7, 11) is 1.47. The van der Waals surface area contributed by atoms with E-state index >= 15 is 0 Å². The van der Waals surface area contributed by atoms with Crippen molar-refractivity contribution in [1.82, 2.24) is 4.90 Å². The summed E-state index contributed by atoms with van der Waals surface area (Å²) >= 11 is 6.01. The molecule has 24 heavy (non-hydrogen) atoms. The number of halogens is 1. The van der Waals surface area contributed by atoms with E-state index in [1.54, 1.807) is 0 Å². The maximum atomic E-state index is 12.2. The Morgan fingerprint density at radius 2 is 1.88 bits per heavy atom. The number of piperidine rings is 1. The minimum atomic E-state index is -0.116. The summed E-state index contributed by atoms with van der Waals surface area (Å²) in [6, 6.07) is 18.3. The molecule has 3 rings (SSSR count). The van der Waals surface area contributed by atoms with E-state index in [1.807, 2.05) is 30.3 Å². The van der Waals surface area contributed by atoms with E-state index in [-0.39, 0.29) is 17.8 Å². The predicted molar refractivity (Wildman–Crippen MR) is 96.0 cm³/mol. The van der Waals surface area contributed by atoms with Gasteiger partial charge in [-0.1, -0.05) is 54.1 Å². The summed E-state index contributed by atoms with van der Waals surface area (Å²) in [5.41, 5.74) is 2.44. The van der Waals surface area contributed by atoms with Crippen molar-refractivity contribution in [1.29, 1.82) is 0 Å². The lowest BCUT2D eigenvalue weighted by Crippen LogP contribution is -2.42. The topological polar surface area (TPSA) is 29.5 Å². The number of esters is 1. The average Bonchev–Trinajstić information content (AvgIpc) is 2.62. The quantitative estimate of drug-likeness (QED) is 0.782. The van der Waals surface area contributed by atoms with Gasteiger partial charge in [0.25, 0.3) is 0 Å².